The minimum absolute atomic E-state index is 0.156. The van der Waals surface area contributed by atoms with Crippen molar-refractivity contribution in [2.75, 3.05) is 18.0 Å². The number of fused-ring (bicyclic) bond motifs is 1. The van der Waals surface area contributed by atoms with E-state index in [1.165, 1.54) is 10.9 Å². The van der Waals surface area contributed by atoms with Crippen LogP contribution in [0.3, 0.4) is 0 Å². The second-order valence-electron chi connectivity index (χ2n) is 7.22. The van der Waals surface area contributed by atoms with Crippen LogP contribution in [0.4, 0.5) is 5.82 Å². The van der Waals surface area contributed by atoms with Crippen LogP contribution in [0.5, 0.6) is 0 Å². The number of nitrogens with zero attached hydrogens (tertiary/aromatic N) is 5. The molecule has 1 fully saturated rings. The third kappa shape index (κ3) is 3.39. The summed E-state index contributed by atoms with van der Waals surface area (Å²) >= 11 is 5.94. The van der Waals surface area contributed by atoms with Gasteiger partial charge in [0.25, 0.3) is 5.56 Å². The lowest BCUT2D eigenvalue weighted by Crippen LogP contribution is -2.51. The Bertz CT molecular complexity index is 1220. The van der Waals surface area contributed by atoms with Gasteiger partial charge in [0.15, 0.2) is 0 Å². The monoisotopic (exact) mass is 407 g/mol. The molecule has 0 atom stereocenters. The van der Waals surface area contributed by atoms with Crippen molar-refractivity contribution in [2.45, 2.75) is 12.5 Å². The number of benzene rings is 1. The van der Waals surface area contributed by atoms with Crippen LogP contribution in [0.1, 0.15) is 11.1 Å². The molecule has 0 saturated carbocycles. The first kappa shape index (κ1) is 17.9. The van der Waals surface area contributed by atoms with Crippen LogP contribution in [0.15, 0.2) is 66.0 Å². The molecule has 7 nitrogen and oxygen atoms in total. The zero-order valence-corrected chi connectivity index (χ0v) is 16.2. The van der Waals surface area contributed by atoms with Gasteiger partial charge in [0, 0.05) is 24.3 Å². The Morgan fingerprint density at radius 2 is 1.90 bits per heavy atom. The number of hydrogen-bond acceptors (Lipinski definition) is 5. The molecule has 29 heavy (non-hydrogen) atoms. The van der Waals surface area contributed by atoms with Gasteiger partial charge in [-0.2, -0.15) is 5.10 Å². The van der Waals surface area contributed by atoms with Crippen molar-refractivity contribution in [3.05, 3.63) is 87.7 Å². The number of β-amino-alcohol motifs (C(OH)–C–C–N with tert-alkyl or cyclic N) is 1. The molecular weight excluding hydrogens is 390 g/mol. The molecule has 0 spiro atoms. The second kappa shape index (κ2) is 7.02. The van der Waals surface area contributed by atoms with E-state index < -0.39 is 0 Å². The summed E-state index contributed by atoms with van der Waals surface area (Å²) in [7, 11) is 0. The van der Waals surface area contributed by atoms with Crippen LogP contribution >= 0.6 is 11.6 Å². The van der Waals surface area contributed by atoms with E-state index in [9.17, 15) is 9.90 Å². The topological polar surface area (TPSA) is 75.7 Å². The first-order chi connectivity index (χ1) is 14.1. The Kier molecular flexibility index (Phi) is 4.34. The fourth-order valence-electron chi connectivity index (χ4n) is 3.51. The van der Waals surface area contributed by atoms with Gasteiger partial charge in [-0.05, 0) is 47.9 Å². The van der Waals surface area contributed by atoms with Crippen LogP contribution < -0.4 is 10.5 Å². The number of rotatable bonds is 4. The predicted octanol–water partition coefficient (Wildman–Crippen LogP) is 2.31. The molecular formula is C21H18ClN5O2. The molecule has 0 bridgehead atoms. The third-order valence-electron chi connectivity index (χ3n) is 5.10. The molecule has 8 heteroatoms. The van der Waals surface area contributed by atoms with Crippen molar-refractivity contribution >= 4 is 22.9 Å². The Labute approximate surface area is 171 Å². The van der Waals surface area contributed by atoms with E-state index >= 15 is 0 Å². The summed E-state index contributed by atoms with van der Waals surface area (Å²) in [6.45, 7) is 1.17. The third-order valence-corrected chi connectivity index (χ3v) is 5.36. The first-order valence-electron chi connectivity index (χ1n) is 9.29. The summed E-state index contributed by atoms with van der Waals surface area (Å²) in [5, 5.41) is 14.5. The average molecular weight is 408 g/mol. The zero-order chi connectivity index (χ0) is 20.0. The largest absolute Gasteiger partial charge is 0.389 e. The van der Waals surface area contributed by atoms with Crippen molar-refractivity contribution in [1.29, 1.82) is 0 Å². The highest BCUT2D eigenvalue weighted by Crippen LogP contribution is 2.19. The Hall–Kier alpha value is -3.16. The Balaban J connectivity index is 1.44. The maximum atomic E-state index is 13.0. The van der Waals surface area contributed by atoms with Gasteiger partial charge in [0.1, 0.15) is 17.7 Å². The van der Waals surface area contributed by atoms with E-state index in [1.807, 2.05) is 53.6 Å². The molecule has 4 heterocycles. The molecule has 146 valence electrons. The number of hydrogen-bond donors (Lipinski definition) is 1. The zero-order valence-electron chi connectivity index (χ0n) is 15.4. The molecule has 1 aliphatic heterocycles. The Morgan fingerprint density at radius 3 is 2.59 bits per heavy atom. The van der Waals surface area contributed by atoms with E-state index in [1.54, 1.807) is 10.7 Å². The smallest absolute Gasteiger partial charge is 0.282 e. The van der Waals surface area contributed by atoms with Gasteiger partial charge >= 0.3 is 0 Å². The normalized spacial score (nSPS) is 14.3. The van der Waals surface area contributed by atoms with Gasteiger partial charge in [0.2, 0.25) is 0 Å². The SMILES string of the molecule is O=c1c2cc(Cc3ccc(Cl)cc3)cn2ncn1-c1ccc(N2CC(O)C2)nc1. The summed E-state index contributed by atoms with van der Waals surface area (Å²) in [6.07, 6.45) is 5.43. The van der Waals surface area contributed by atoms with Gasteiger partial charge in [-0.25, -0.2) is 9.50 Å². The van der Waals surface area contributed by atoms with Crippen molar-refractivity contribution in [3.8, 4) is 5.69 Å². The fraction of sp³-hybridized carbons (Fsp3) is 0.190. The summed E-state index contributed by atoms with van der Waals surface area (Å²) in [6, 6.07) is 13.2. The van der Waals surface area contributed by atoms with Gasteiger partial charge < -0.3 is 10.0 Å². The highest BCUT2D eigenvalue weighted by molar-refractivity contribution is 6.30. The predicted molar refractivity (Wildman–Crippen MR) is 111 cm³/mol. The number of pyridine rings is 1. The summed E-state index contributed by atoms with van der Waals surface area (Å²) < 4.78 is 3.09. The molecule has 5 rings (SSSR count). The first-order valence-corrected chi connectivity index (χ1v) is 9.67. The quantitative estimate of drug-likeness (QED) is 0.562. The molecule has 0 unspecified atom stereocenters. The van der Waals surface area contributed by atoms with Gasteiger partial charge in [-0.1, -0.05) is 23.7 Å². The lowest BCUT2D eigenvalue weighted by Gasteiger charge is -2.36. The van der Waals surface area contributed by atoms with E-state index in [0.29, 0.717) is 35.7 Å². The average Bonchev–Trinajstić information content (AvgIpc) is 3.11. The summed E-state index contributed by atoms with van der Waals surface area (Å²) in [5.74, 6) is 0.786. The van der Waals surface area contributed by atoms with E-state index in [4.69, 9.17) is 11.6 Å². The highest BCUT2D eigenvalue weighted by Gasteiger charge is 2.25. The van der Waals surface area contributed by atoms with E-state index in [0.717, 1.165) is 16.9 Å². The van der Waals surface area contributed by atoms with Crippen molar-refractivity contribution in [2.24, 2.45) is 0 Å². The lowest BCUT2D eigenvalue weighted by molar-refractivity contribution is 0.141. The molecule has 4 aromatic rings. The minimum atomic E-state index is -0.290. The molecule has 1 aromatic carbocycles. The minimum Gasteiger partial charge on any atom is -0.389 e. The standard InChI is InChI=1S/C21H18ClN5O2/c22-16-3-1-14(2-4-16)7-15-8-19-21(29)26(13-24-27(19)10-15)17-5-6-20(23-9-17)25-11-18(28)12-25/h1-6,8-10,13,18,28H,7,11-12H2. The number of anilines is 1. The molecule has 0 radical (unpaired) electrons. The summed E-state index contributed by atoms with van der Waals surface area (Å²) in [4.78, 5) is 19.4. The molecule has 1 N–H and O–H groups in total. The van der Waals surface area contributed by atoms with Crippen LogP contribution in [0.25, 0.3) is 11.2 Å². The molecule has 0 amide bonds. The maximum absolute atomic E-state index is 13.0. The molecule has 1 saturated heterocycles. The van der Waals surface area contributed by atoms with Gasteiger partial charge in [0.05, 0.1) is 18.0 Å². The van der Waals surface area contributed by atoms with Crippen LogP contribution in [0.2, 0.25) is 5.02 Å². The van der Waals surface area contributed by atoms with Crippen LogP contribution in [-0.4, -0.2) is 43.5 Å². The number of halogens is 1. The number of aromatic nitrogens is 4. The molecule has 1 aliphatic rings. The lowest BCUT2D eigenvalue weighted by atomic mass is 10.1. The second-order valence-corrected chi connectivity index (χ2v) is 7.66. The summed E-state index contributed by atoms with van der Waals surface area (Å²) in [5.41, 5.74) is 3.11. The van der Waals surface area contributed by atoms with Crippen LogP contribution in [-0.2, 0) is 6.42 Å². The number of aliphatic hydroxyl groups is 1. The Morgan fingerprint density at radius 1 is 1.10 bits per heavy atom. The van der Waals surface area contributed by atoms with Crippen molar-refractivity contribution in [3.63, 3.8) is 0 Å². The fourth-order valence-corrected chi connectivity index (χ4v) is 3.64. The van der Waals surface area contributed by atoms with E-state index in [2.05, 4.69) is 10.1 Å². The highest BCUT2D eigenvalue weighted by atomic mass is 35.5. The maximum Gasteiger partial charge on any atom is 0.282 e. The number of aliphatic hydroxyl groups excluding tert-OH is 1. The van der Waals surface area contributed by atoms with Gasteiger partial charge in [-0.15, -0.1) is 0 Å². The molecule has 3 aromatic heterocycles. The van der Waals surface area contributed by atoms with Gasteiger partial charge in [-0.3, -0.25) is 9.36 Å². The van der Waals surface area contributed by atoms with Crippen LogP contribution in [0, 0.1) is 0 Å². The van der Waals surface area contributed by atoms with Crippen molar-refractivity contribution < 1.29 is 5.11 Å². The van der Waals surface area contributed by atoms with Crippen molar-refractivity contribution in [1.82, 2.24) is 19.2 Å². The molecule has 0 aliphatic carbocycles. The van der Waals surface area contributed by atoms with E-state index in [-0.39, 0.29) is 11.7 Å².